The molecule has 0 amide bonds. The zero-order valence-electron chi connectivity index (χ0n) is 12.3. The van der Waals surface area contributed by atoms with E-state index in [-0.39, 0.29) is 12.0 Å². The summed E-state index contributed by atoms with van der Waals surface area (Å²) >= 11 is 0. The van der Waals surface area contributed by atoms with Crippen LogP contribution in [0.3, 0.4) is 0 Å². The normalized spacial score (nSPS) is 20.5. The topological polar surface area (TPSA) is 66.3 Å². The number of nitrogens with zero attached hydrogens (tertiary/aromatic N) is 3. The fourth-order valence-electron chi connectivity index (χ4n) is 3.09. The summed E-state index contributed by atoms with van der Waals surface area (Å²) in [4.78, 5) is 22.2. The SMILES string of the molecule is O=C(O)C1CCCN(C(c2cccnc2)c2ccccn2)C1. The number of hydrogen-bond acceptors (Lipinski definition) is 4. The highest BCUT2D eigenvalue weighted by molar-refractivity contribution is 5.70. The van der Waals surface area contributed by atoms with Gasteiger partial charge in [0, 0.05) is 25.1 Å². The van der Waals surface area contributed by atoms with Crippen LogP contribution in [0.15, 0.2) is 48.9 Å². The van der Waals surface area contributed by atoms with Crippen LogP contribution in [0.2, 0.25) is 0 Å². The quantitative estimate of drug-likeness (QED) is 0.938. The van der Waals surface area contributed by atoms with Crippen molar-refractivity contribution in [1.82, 2.24) is 14.9 Å². The van der Waals surface area contributed by atoms with E-state index in [1.54, 1.807) is 12.4 Å². The second-order valence-electron chi connectivity index (χ2n) is 5.62. The van der Waals surface area contributed by atoms with Crippen LogP contribution in [0.5, 0.6) is 0 Å². The Kier molecular flexibility index (Phi) is 4.44. The van der Waals surface area contributed by atoms with Crippen LogP contribution < -0.4 is 0 Å². The van der Waals surface area contributed by atoms with E-state index in [1.807, 2.05) is 36.5 Å². The molecule has 1 saturated heterocycles. The standard InChI is InChI=1S/C17H19N3O2/c21-17(22)14-6-4-10-20(12-14)16(13-5-3-8-18-11-13)15-7-1-2-9-19-15/h1-3,5,7-9,11,14,16H,4,6,10,12H2,(H,21,22). The molecule has 1 fully saturated rings. The van der Waals surface area contributed by atoms with Gasteiger partial charge in [-0.2, -0.15) is 0 Å². The Labute approximate surface area is 129 Å². The number of aromatic nitrogens is 2. The number of rotatable bonds is 4. The number of piperidine rings is 1. The van der Waals surface area contributed by atoms with Crippen molar-refractivity contribution in [2.45, 2.75) is 18.9 Å². The number of carboxylic acids is 1. The fraction of sp³-hybridized carbons (Fsp3) is 0.353. The maximum Gasteiger partial charge on any atom is 0.307 e. The van der Waals surface area contributed by atoms with Crippen molar-refractivity contribution in [3.05, 3.63) is 60.2 Å². The van der Waals surface area contributed by atoms with E-state index >= 15 is 0 Å². The van der Waals surface area contributed by atoms with Crippen LogP contribution in [-0.4, -0.2) is 39.0 Å². The monoisotopic (exact) mass is 297 g/mol. The maximum absolute atomic E-state index is 11.3. The molecule has 2 unspecified atom stereocenters. The Balaban J connectivity index is 1.94. The molecule has 0 radical (unpaired) electrons. The predicted molar refractivity (Wildman–Crippen MR) is 82.2 cm³/mol. The van der Waals surface area contributed by atoms with Crippen LogP contribution in [0.4, 0.5) is 0 Å². The van der Waals surface area contributed by atoms with Crippen LogP contribution >= 0.6 is 0 Å². The largest absolute Gasteiger partial charge is 0.481 e. The number of likely N-dealkylation sites (tertiary alicyclic amines) is 1. The minimum absolute atomic E-state index is 0.0444. The molecule has 0 aromatic carbocycles. The van der Waals surface area contributed by atoms with E-state index < -0.39 is 5.97 Å². The molecule has 0 spiro atoms. The second-order valence-corrected chi connectivity index (χ2v) is 5.62. The van der Waals surface area contributed by atoms with Gasteiger partial charge in [-0.1, -0.05) is 12.1 Å². The molecule has 5 heteroatoms. The van der Waals surface area contributed by atoms with Crippen molar-refractivity contribution in [2.75, 3.05) is 13.1 Å². The number of aliphatic carboxylic acids is 1. The molecular weight excluding hydrogens is 278 g/mol. The van der Waals surface area contributed by atoms with Gasteiger partial charge >= 0.3 is 5.97 Å². The van der Waals surface area contributed by atoms with Crippen molar-refractivity contribution >= 4 is 5.97 Å². The van der Waals surface area contributed by atoms with Gasteiger partial charge < -0.3 is 5.11 Å². The number of pyridine rings is 2. The fourth-order valence-corrected chi connectivity index (χ4v) is 3.09. The van der Waals surface area contributed by atoms with Gasteiger partial charge in [0.1, 0.15) is 0 Å². The lowest BCUT2D eigenvalue weighted by atomic mass is 9.94. The summed E-state index contributed by atoms with van der Waals surface area (Å²) in [5, 5.41) is 9.32. The zero-order chi connectivity index (χ0) is 15.4. The molecule has 1 N–H and O–H groups in total. The lowest BCUT2D eigenvalue weighted by molar-refractivity contribution is -0.143. The summed E-state index contributed by atoms with van der Waals surface area (Å²) in [6.45, 7) is 1.42. The zero-order valence-corrected chi connectivity index (χ0v) is 12.3. The van der Waals surface area contributed by atoms with Crippen molar-refractivity contribution < 1.29 is 9.90 Å². The van der Waals surface area contributed by atoms with Crippen LogP contribution in [0.1, 0.15) is 30.1 Å². The number of hydrogen-bond donors (Lipinski definition) is 1. The molecule has 2 aromatic rings. The highest BCUT2D eigenvalue weighted by Crippen LogP contribution is 2.31. The van der Waals surface area contributed by atoms with Gasteiger partial charge in [-0.3, -0.25) is 19.7 Å². The van der Waals surface area contributed by atoms with E-state index in [2.05, 4.69) is 14.9 Å². The minimum Gasteiger partial charge on any atom is -0.481 e. The molecule has 0 bridgehead atoms. The molecule has 0 saturated carbocycles. The van der Waals surface area contributed by atoms with Gasteiger partial charge in [0.15, 0.2) is 0 Å². The Morgan fingerprint density at radius 1 is 1.27 bits per heavy atom. The third-order valence-electron chi connectivity index (χ3n) is 4.14. The molecule has 114 valence electrons. The van der Waals surface area contributed by atoms with Crippen LogP contribution in [0, 0.1) is 5.92 Å². The van der Waals surface area contributed by atoms with Gasteiger partial charge in [0.25, 0.3) is 0 Å². The van der Waals surface area contributed by atoms with E-state index in [1.165, 1.54) is 0 Å². The van der Waals surface area contributed by atoms with Crippen molar-refractivity contribution in [3.8, 4) is 0 Å². The average molecular weight is 297 g/mol. The summed E-state index contributed by atoms with van der Waals surface area (Å²) in [5.41, 5.74) is 1.98. The third-order valence-corrected chi connectivity index (χ3v) is 4.14. The average Bonchev–Trinajstić information content (AvgIpc) is 2.57. The number of carbonyl (C=O) groups is 1. The summed E-state index contributed by atoms with van der Waals surface area (Å²) in [6.07, 6.45) is 6.99. The number of carboxylic acid groups (broad SMARTS) is 1. The smallest absolute Gasteiger partial charge is 0.307 e. The molecule has 3 heterocycles. The minimum atomic E-state index is -0.712. The van der Waals surface area contributed by atoms with Gasteiger partial charge in [-0.15, -0.1) is 0 Å². The summed E-state index contributed by atoms with van der Waals surface area (Å²) in [5.74, 6) is -1.02. The lowest BCUT2D eigenvalue weighted by Crippen LogP contribution is -2.41. The predicted octanol–water partition coefficient (Wildman–Crippen LogP) is 2.36. The second kappa shape index (κ2) is 6.66. The molecule has 3 rings (SSSR count). The van der Waals surface area contributed by atoms with Gasteiger partial charge in [-0.05, 0) is 43.1 Å². The molecule has 1 aliphatic rings. The molecule has 5 nitrogen and oxygen atoms in total. The van der Waals surface area contributed by atoms with E-state index in [0.29, 0.717) is 6.54 Å². The Morgan fingerprint density at radius 2 is 2.18 bits per heavy atom. The summed E-state index contributed by atoms with van der Waals surface area (Å²) in [6, 6.07) is 9.73. The van der Waals surface area contributed by atoms with Crippen molar-refractivity contribution in [1.29, 1.82) is 0 Å². The molecule has 2 atom stereocenters. The highest BCUT2D eigenvalue weighted by atomic mass is 16.4. The first-order valence-electron chi connectivity index (χ1n) is 7.53. The van der Waals surface area contributed by atoms with Crippen LogP contribution in [0.25, 0.3) is 0 Å². The van der Waals surface area contributed by atoms with E-state index in [9.17, 15) is 9.90 Å². The summed E-state index contributed by atoms with van der Waals surface area (Å²) < 4.78 is 0. The Hall–Kier alpha value is -2.27. The van der Waals surface area contributed by atoms with Gasteiger partial charge in [-0.25, -0.2) is 0 Å². The van der Waals surface area contributed by atoms with Gasteiger partial charge in [0.05, 0.1) is 17.7 Å². The highest BCUT2D eigenvalue weighted by Gasteiger charge is 2.31. The first-order valence-corrected chi connectivity index (χ1v) is 7.53. The third kappa shape index (κ3) is 3.14. The Bertz CT molecular complexity index is 579. The Morgan fingerprint density at radius 3 is 2.86 bits per heavy atom. The summed E-state index contributed by atoms with van der Waals surface area (Å²) in [7, 11) is 0. The van der Waals surface area contributed by atoms with Crippen molar-refractivity contribution in [2.24, 2.45) is 5.92 Å². The van der Waals surface area contributed by atoms with Gasteiger partial charge in [0.2, 0.25) is 0 Å². The molecular formula is C17H19N3O2. The van der Waals surface area contributed by atoms with Crippen molar-refractivity contribution in [3.63, 3.8) is 0 Å². The van der Waals surface area contributed by atoms with E-state index in [0.717, 1.165) is 30.6 Å². The molecule has 2 aromatic heterocycles. The maximum atomic E-state index is 11.3. The lowest BCUT2D eigenvalue weighted by Gasteiger charge is -2.36. The molecule has 1 aliphatic heterocycles. The van der Waals surface area contributed by atoms with E-state index in [4.69, 9.17) is 0 Å². The first kappa shape index (κ1) is 14.7. The first-order chi connectivity index (χ1) is 10.8. The molecule has 22 heavy (non-hydrogen) atoms. The van der Waals surface area contributed by atoms with Crippen LogP contribution in [-0.2, 0) is 4.79 Å². The molecule has 0 aliphatic carbocycles.